The third-order valence-corrected chi connectivity index (χ3v) is 8.29. The van der Waals surface area contributed by atoms with Gasteiger partial charge in [0.05, 0.1) is 0 Å². The topological polar surface area (TPSA) is 51.8 Å². The molecule has 0 saturated carbocycles. The monoisotopic (exact) mass is 549 g/mol. The largest absolute Gasteiger partial charge is 0.456 e. The van der Waals surface area contributed by atoms with E-state index in [0.717, 1.165) is 54.8 Å². The van der Waals surface area contributed by atoms with Gasteiger partial charge in [0.1, 0.15) is 11.2 Å². The maximum absolute atomic E-state index is 6.19. The first-order valence-electron chi connectivity index (χ1n) is 14.4. The lowest BCUT2D eigenvalue weighted by Gasteiger charge is -2.12. The van der Waals surface area contributed by atoms with E-state index in [2.05, 4.69) is 91.0 Å². The van der Waals surface area contributed by atoms with E-state index in [0.29, 0.717) is 17.5 Å². The van der Waals surface area contributed by atoms with E-state index in [4.69, 9.17) is 19.4 Å². The Morgan fingerprint density at radius 2 is 1.07 bits per heavy atom. The van der Waals surface area contributed by atoms with Crippen LogP contribution < -0.4 is 0 Å². The fourth-order valence-corrected chi connectivity index (χ4v) is 6.18. The van der Waals surface area contributed by atoms with E-state index in [1.807, 2.05) is 48.5 Å². The second-order valence-electron chi connectivity index (χ2n) is 10.9. The van der Waals surface area contributed by atoms with Gasteiger partial charge in [0, 0.05) is 27.5 Å². The Hall–Kier alpha value is -5.87. The minimum atomic E-state index is 0.633. The van der Waals surface area contributed by atoms with Crippen molar-refractivity contribution >= 4 is 54.3 Å². The molecule has 2 heterocycles. The minimum absolute atomic E-state index is 0.633. The first-order chi connectivity index (χ1) is 21.3. The van der Waals surface area contributed by atoms with Crippen molar-refractivity contribution in [3.8, 4) is 34.2 Å². The Labute approximate surface area is 246 Å². The predicted octanol–water partition coefficient (Wildman–Crippen LogP) is 10.2. The molecule has 9 rings (SSSR count). The summed E-state index contributed by atoms with van der Waals surface area (Å²) in [6.45, 7) is 0. The van der Waals surface area contributed by atoms with Crippen molar-refractivity contribution in [3.05, 3.63) is 140 Å². The fraction of sp³-hybridized carbons (Fsp3) is 0. The standard InChI is InChI=1S/C39H23N3O/c1-2-10-25(11-3-1)37-40-38(27-18-17-26-22-34-32-13-6-7-16-35(32)43-36(34)23-28(26)21-27)42-39(41-37)33-15-8-14-30-29-12-5-4-9-24(29)19-20-31(30)33/h1-23H. The van der Waals surface area contributed by atoms with Crippen LogP contribution in [0.5, 0.6) is 0 Å². The number of para-hydroxylation sites is 1. The Kier molecular flexibility index (Phi) is 5.16. The molecular weight excluding hydrogens is 526 g/mol. The second kappa shape index (κ2) is 9.33. The molecule has 0 atom stereocenters. The van der Waals surface area contributed by atoms with Gasteiger partial charge in [0.2, 0.25) is 0 Å². The average molecular weight is 550 g/mol. The average Bonchev–Trinajstić information content (AvgIpc) is 3.44. The van der Waals surface area contributed by atoms with E-state index in [-0.39, 0.29) is 0 Å². The van der Waals surface area contributed by atoms with Gasteiger partial charge in [-0.2, -0.15) is 0 Å². The highest BCUT2D eigenvalue weighted by atomic mass is 16.3. The van der Waals surface area contributed by atoms with Crippen molar-refractivity contribution in [2.45, 2.75) is 0 Å². The van der Waals surface area contributed by atoms with E-state index < -0.39 is 0 Å². The molecule has 0 aliphatic rings. The summed E-state index contributed by atoms with van der Waals surface area (Å²) < 4.78 is 6.19. The van der Waals surface area contributed by atoms with E-state index >= 15 is 0 Å². The molecule has 0 unspecified atom stereocenters. The zero-order chi connectivity index (χ0) is 28.3. The highest BCUT2D eigenvalue weighted by Gasteiger charge is 2.16. The summed E-state index contributed by atoms with van der Waals surface area (Å²) in [6.07, 6.45) is 0. The van der Waals surface area contributed by atoms with E-state index in [9.17, 15) is 0 Å². The number of hydrogen-bond donors (Lipinski definition) is 0. The first kappa shape index (κ1) is 23.8. The molecule has 4 nitrogen and oxygen atoms in total. The van der Waals surface area contributed by atoms with Crippen molar-refractivity contribution in [3.63, 3.8) is 0 Å². The molecule has 4 heteroatoms. The molecular formula is C39H23N3O. The summed E-state index contributed by atoms with van der Waals surface area (Å²) in [7, 11) is 0. The van der Waals surface area contributed by atoms with Crippen LogP contribution in [-0.2, 0) is 0 Å². The summed E-state index contributed by atoms with van der Waals surface area (Å²) in [6, 6.07) is 48.2. The highest BCUT2D eigenvalue weighted by molar-refractivity contribution is 6.12. The van der Waals surface area contributed by atoms with Crippen LogP contribution in [0.15, 0.2) is 144 Å². The summed E-state index contributed by atoms with van der Waals surface area (Å²) in [5.74, 6) is 1.93. The molecule has 0 spiro atoms. The van der Waals surface area contributed by atoms with Crippen molar-refractivity contribution < 1.29 is 4.42 Å². The number of fused-ring (bicyclic) bond motifs is 7. The van der Waals surface area contributed by atoms with Crippen LogP contribution in [0.2, 0.25) is 0 Å². The van der Waals surface area contributed by atoms with Crippen LogP contribution in [0.3, 0.4) is 0 Å². The van der Waals surface area contributed by atoms with Gasteiger partial charge in [-0.3, -0.25) is 0 Å². The summed E-state index contributed by atoms with van der Waals surface area (Å²) in [5, 5.41) is 9.18. The van der Waals surface area contributed by atoms with Crippen molar-refractivity contribution in [1.82, 2.24) is 15.0 Å². The number of hydrogen-bond acceptors (Lipinski definition) is 4. The summed E-state index contributed by atoms with van der Waals surface area (Å²) >= 11 is 0. The van der Waals surface area contributed by atoms with Gasteiger partial charge in [-0.15, -0.1) is 0 Å². The molecule has 0 aliphatic carbocycles. The van der Waals surface area contributed by atoms with Gasteiger partial charge in [0.15, 0.2) is 17.5 Å². The first-order valence-corrected chi connectivity index (χ1v) is 14.4. The Morgan fingerprint density at radius 1 is 0.349 bits per heavy atom. The van der Waals surface area contributed by atoms with Gasteiger partial charge in [-0.05, 0) is 56.6 Å². The zero-order valence-electron chi connectivity index (χ0n) is 23.0. The van der Waals surface area contributed by atoms with Crippen LogP contribution in [0.1, 0.15) is 0 Å². The number of nitrogens with zero attached hydrogens (tertiary/aromatic N) is 3. The molecule has 0 saturated heterocycles. The van der Waals surface area contributed by atoms with Gasteiger partial charge in [-0.1, -0.05) is 115 Å². The van der Waals surface area contributed by atoms with E-state index in [1.165, 1.54) is 16.2 Å². The van der Waals surface area contributed by atoms with Gasteiger partial charge in [0.25, 0.3) is 0 Å². The molecule has 43 heavy (non-hydrogen) atoms. The van der Waals surface area contributed by atoms with Crippen molar-refractivity contribution in [2.75, 3.05) is 0 Å². The zero-order valence-corrected chi connectivity index (χ0v) is 23.0. The number of furan rings is 1. The summed E-state index contributed by atoms with van der Waals surface area (Å²) in [4.78, 5) is 15.1. The lowest BCUT2D eigenvalue weighted by molar-refractivity contribution is 0.669. The minimum Gasteiger partial charge on any atom is -0.456 e. The number of aromatic nitrogens is 3. The Balaban J connectivity index is 1.26. The van der Waals surface area contributed by atoms with Crippen LogP contribution >= 0.6 is 0 Å². The van der Waals surface area contributed by atoms with Crippen LogP contribution in [0.25, 0.3) is 88.4 Å². The molecule has 0 amide bonds. The number of rotatable bonds is 3. The predicted molar refractivity (Wildman–Crippen MR) is 176 cm³/mol. The Morgan fingerprint density at radius 3 is 1.98 bits per heavy atom. The summed E-state index contributed by atoms with van der Waals surface area (Å²) in [5.41, 5.74) is 4.62. The number of benzene rings is 7. The molecule has 2 aromatic heterocycles. The molecule has 0 bridgehead atoms. The molecule has 7 aromatic carbocycles. The maximum atomic E-state index is 6.19. The molecule has 0 N–H and O–H groups in total. The van der Waals surface area contributed by atoms with Gasteiger partial charge in [-0.25, -0.2) is 15.0 Å². The molecule has 9 aromatic rings. The smallest absolute Gasteiger partial charge is 0.164 e. The van der Waals surface area contributed by atoms with Crippen LogP contribution in [0.4, 0.5) is 0 Å². The highest BCUT2D eigenvalue weighted by Crippen LogP contribution is 2.36. The van der Waals surface area contributed by atoms with E-state index in [1.54, 1.807) is 0 Å². The SMILES string of the molecule is c1ccc(-c2nc(-c3ccc4cc5c(cc4c3)oc3ccccc35)nc(-c3cccc4c3ccc3ccccc34)n2)cc1. The normalized spacial score (nSPS) is 11.7. The quantitative estimate of drug-likeness (QED) is 0.206. The lowest BCUT2D eigenvalue weighted by Crippen LogP contribution is -2.00. The van der Waals surface area contributed by atoms with Gasteiger partial charge < -0.3 is 4.42 Å². The van der Waals surface area contributed by atoms with Crippen molar-refractivity contribution in [1.29, 1.82) is 0 Å². The molecule has 200 valence electrons. The maximum Gasteiger partial charge on any atom is 0.164 e. The molecule has 0 radical (unpaired) electrons. The Bertz CT molecular complexity index is 2510. The fourth-order valence-electron chi connectivity index (χ4n) is 6.18. The third-order valence-electron chi connectivity index (χ3n) is 8.29. The molecule has 0 aliphatic heterocycles. The second-order valence-corrected chi connectivity index (χ2v) is 10.9. The third kappa shape index (κ3) is 3.88. The van der Waals surface area contributed by atoms with Crippen LogP contribution in [0, 0.1) is 0 Å². The lowest BCUT2D eigenvalue weighted by atomic mass is 9.98. The van der Waals surface area contributed by atoms with Gasteiger partial charge >= 0.3 is 0 Å². The molecule has 0 fully saturated rings. The van der Waals surface area contributed by atoms with Crippen molar-refractivity contribution in [2.24, 2.45) is 0 Å². The van der Waals surface area contributed by atoms with Crippen LogP contribution in [-0.4, -0.2) is 15.0 Å².